The van der Waals surface area contributed by atoms with Crippen molar-refractivity contribution >= 4 is 44.7 Å². The first-order valence-corrected chi connectivity index (χ1v) is 14.7. The SMILES string of the molecule is CC(=O)NC(C)(C)c1nc2cc(C(F)(F)F)c(Cl)cc2n1-c1ccc(CCN(C(=O)O)S(=O)(=O)c2ccc(C)cc2)cc1. The Kier molecular flexibility index (Phi) is 8.53. The average molecular weight is 637 g/mol. The molecule has 0 bridgehead atoms. The Morgan fingerprint density at radius 1 is 1.05 bits per heavy atom. The van der Waals surface area contributed by atoms with Crippen molar-refractivity contribution in [1.29, 1.82) is 0 Å². The lowest BCUT2D eigenvalue weighted by Crippen LogP contribution is -2.41. The van der Waals surface area contributed by atoms with Crippen molar-refractivity contribution in [2.45, 2.75) is 50.7 Å². The lowest BCUT2D eigenvalue weighted by molar-refractivity contribution is -0.137. The molecule has 0 unspecified atom stereocenters. The Morgan fingerprint density at radius 3 is 2.19 bits per heavy atom. The molecule has 0 aliphatic heterocycles. The van der Waals surface area contributed by atoms with Gasteiger partial charge in [0, 0.05) is 19.2 Å². The summed E-state index contributed by atoms with van der Waals surface area (Å²) in [6.45, 7) is 6.04. The Morgan fingerprint density at radius 2 is 1.65 bits per heavy atom. The van der Waals surface area contributed by atoms with Gasteiger partial charge in [0.2, 0.25) is 5.91 Å². The van der Waals surface area contributed by atoms with E-state index in [0.717, 1.165) is 17.7 Å². The maximum Gasteiger partial charge on any atom is 0.421 e. The highest BCUT2D eigenvalue weighted by atomic mass is 35.5. The van der Waals surface area contributed by atoms with Gasteiger partial charge in [-0.15, -0.1) is 0 Å². The minimum Gasteiger partial charge on any atom is -0.464 e. The number of nitrogens with zero attached hydrogens (tertiary/aromatic N) is 3. The minimum absolute atomic E-state index is 0.00707. The van der Waals surface area contributed by atoms with Crippen molar-refractivity contribution in [3.8, 4) is 5.69 Å². The molecule has 0 saturated heterocycles. The van der Waals surface area contributed by atoms with Gasteiger partial charge >= 0.3 is 12.3 Å². The molecule has 14 heteroatoms. The molecule has 228 valence electrons. The van der Waals surface area contributed by atoms with Crippen molar-refractivity contribution in [1.82, 2.24) is 19.2 Å². The van der Waals surface area contributed by atoms with Gasteiger partial charge < -0.3 is 10.4 Å². The molecule has 43 heavy (non-hydrogen) atoms. The number of sulfonamides is 1. The van der Waals surface area contributed by atoms with E-state index in [4.69, 9.17) is 11.6 Å². The Labute approximate surface area is 251 Å². The summed E-state index contributed by atoms with van der Waals surface area (Å²) in [4.78, 5) is 28.1. The molecular weight excluding hydrogens is 609 g/mol. The van der Waals surface area contributed by atoms with Crippen LogP contribution < -0.4 is 5.32 Å². The number of benzene rings is 3. The summed E-state index contributed by atoms with van der Waals surface area (Å²) in [5.74, 6) is -0.140. The minimum atomic E-state index is -4.71. The molecule has 1 aromatic heterocycles. The number of halogens is 4. The van der Waals surface area contributed by atoms with Gasteiger partial charge in [0.25, 0.3) is 10.0 Å². The third-order valence-electron chi connectivity index (χ3n) is 6.72. The van der Waals surface area contributed by atoms with E-state index < -0.39 is 38.4 Å². The summed E-state index contributed by atoms with van der Waals surface area (Å²) in [6.07, 6.45) is -6.28. The van der Waals surface area contributed by atoms with Crippen LogP contribution in [0.5, 0.6) is 0 Å². The van der Waals surface area contributed by atoms with E-state index in [2.05, 4.69) is 10.3 Å². The number of nitrogens with one attached hydrogen (secondary N) is 1. The zero-order valence-electron chi connectivity index (χ0n) is 23.5. The summed E-state index contributed by atoms with van der Waals surface area (Å²) in [7, 11) is -4.31. The van der Waals surface area contributed by atoms with E-state index in [1.54, 1.807) is 61.7 Å². The average Bonchev–Trinajstić information content (AvgIpc) is 3.27. The number of imidazole rings is 1. The van der Waals surface area contributed by atoms with Crippen LogP contribution in [0.25, 0.3) is 16.7 Å². The first-order chi connectivity index (χ1) is 19.9. The molecule has 9 nitrogen and oxygen atoms in total. The summed E-state index contributed by atoms with van der Waals surface area (Å²) in [5.41, 5.74) is -0.00214. The summed E-state index contributed by atoms with van der Waals surface area (Å²) >= 11 is 6.03. The van der Waals surface area contributed by atoms with Gasteiger partial charge in [0.1, 0.15) is 5.82 Å². The van der Waals surface area contributed by atoms with Crippen LogP contribution >= 0.6 is 11.6 Å². The van der Waals surface area contributed by atoms with Gasteiger partial charge in [-0.3, -0.25) is 9.36 Å². The van der Waals surface area contributed by atoms with E-state index in [1.807, 2.05) is 0 Å². The van der Waals surface area contributed by atoms with E-state index in [9.17, 15) is 36.3 Å². The van der Waals surface area contributed by atoms with Gasteiger partial charge in [-0.25, -0.2) is 22.5 Å². The van der Waals surface area contributed by atoms with Crippen molar-refractivity contribution < 1.29 is 36.3 Å². The molecular formula is C29H28ClF3N4O5S. The van der Waals surface area contributed by atoms with Crippen LogP contribution in [0.4, 0.5) is 18.0 Å². The Bertz CT molecular complexity index is 1800. The van der Waals surface area contributed by atoms with Crippen LogP contribution in [0.1, 0.15) is 43.3 Å². The van der Waals surface area contributed by atoms with Crippen molar-refractivity contribution in [3.05, 3.63) is 88.2 Å². The van der Waals surface area contributed by atoms with E-state index in [0.29, 0.717) is 15.6 Å². The molecule has 0 atom stereocenters. The molecule has 0 spiro atoms. The third kappa shape index (κ3) is 6.62. The highest BCUT2D eigenvalue weighted by Crippen LogP contribution is 2.39. The molecule has 0 aliphatic carbocycles. The number of carbonyl (C=O) groups is 2. The topological polar surface area (TPSA) is 122 Å². The molecule has 2 N–H and O–H groups in total. The number of carboxylic acid groups (broad SMARTS) is 1. The van der Waals surface area contributed by atoms with E-state index in [1.165, 1.54) is 19.1 Å². The number of alkyl halides is 3. The van der Waals surface area contributed by atoms with Gasteiger partial charge in [0.05, 0.1) is 32.1 Å². The van der Waals surface area contributed by atoms with Crippen molar-refractivity contribution in [3.63, 3.8) is 0 Å². The summed E-state index contributed by atoms with van der Waals surface area (Å²) in [5, 5.41) is 11.9. The number of amides is 2. The quantitative estimate of drug-likeness (QED) is 0.235. The van der Waals surface area contributed by atoms with Gasteiger partial charge in [0.15, 0.2) is 0 Å². The normalized spacial score (nSPS) is 12.4. The molecule has 0 radical (unpaired) electrons. The first kappa shape index (κ1) is 31.8. The summed E-state index contributed by atoms with van der Waals surface area (Å²) < 4.78 is 68.6. The Balaban J connectivity index is 1.71. The molecule has 3 aromatic carbocycles. The van der Waals surface area contributed by atoms with Gasteiger partial charge in [-0.05, 0) is 69.2 Å². The summed E-state index contributed by atoms with van der Waals surface area (Å²) in [6, 6.07) is 14.4. The zero-order chi connectivity index (χ0) is 31.9. The number of hydrogen-bond donors (Lipinski definition) is 2. The standard InChI is InChI=1S/C29H28ClF3N4O5S/c1-17-5-11-21(12-6-17)43(41,42)36(27(39)40)14-13-19-7-9-20(10-8-19)37-25-16-23(30)22(29(31,32)33)15-24(25)34-26(37)28(3,4)35-18(2)38/h5-12,15-16H,13-14H2,1-4H3,(H,35,38)(H,39,40). The fourth-order valence-corrected chi connectivity index (χ4v) is 6.23. The molecule has 0 aliphatic rings. The van der Waals surface area contributed by atoms with Gasteiger partial charge in [-0.1, -0.05) is 41.4 Å². The highest BCUT2D eigenvalue weighted by Gasteiger charge is 2.36. The van der Waals surface area contributed by atoms with Gasteiger partial charge in [-0.2, -0.15) is 13.2 Å². The van der Waals surface area contributed by atoms with Crippen molar-refractivity contribution in [2.24, 2.45) is 0 Å². The van der Waals surface area contributed by atoms with Crippen LogP contribution in [0.15, 0.2) is 65.6 Å². The lowest BCUT2D eigenvalue weighted by atomic mass is 10.0. The fourth-order valence-electron chi connectivity index (χ4n) is 4.69. The monoisotopic (exact) mass is 636 g/mol. The second-order valence-electron chi connectivity index (χ2n) is 10.5. The number of carbonyl (C=O) groups excluding carboxylic acids is 1. The van der Waals surface area contributed by atoms with E-state index >= 15 is 0 Å². The predicted octanol–water partition coefficient (Wildman–Crippen LogP) is 6.29. The molecule has 4 rings (SSSR count). The van der Waals surface area contributed by atoms with Crippen LogP contribution in [0.2, 0.25) is 5.02 Å². The smallest absolute Gasteiger partial charge is 0.421 e. The van der Waals surface area contributed by atoms with Crippen LogP contribution in [-0.2, 0) is 33.0 Å². The number of fused-ring (bicyclic) bond motifs is 1. The van der Waals surface area contributed by atoms with Crippen LogP contribution in [0.3, 0.4) is 0 Å². The predicted molar refractivity (Wildman–Crippen MR) is 155 cm³/mol. The fraction of sp³-hybridized carbons (Fsp3) is 0.276. The molecule has 2 amide bonds. The lowest BCUT2D eigenvalue weighted by Gasteiger charge is -2.26. The van der Waals surface area contributed by atoms with Crippen molar-refractivity contribution in [2.75, 3.05) is 6.54 Å². The number of hydrogen-bond acceptors (Lipinski definition) is 5. The van der Waals surface area contributed by atoms with Crippen LogP contribution in [0, 0.1) is 6.92 Å². The number of aryl methyl sites for hydroxylation is 1. The largest absolute Gasteiger partial charge is 0.464 e. The Hall–Kier alpha value is -4.10. The maximum atomic E-state index is 13.6. The molecule has 4 aromatic rings. The number of rotatable bonds is 8. The number of aromatic nitrogens is 2. The molecule has 0 fully saturated rings. The van der Waals surface area contributed by atoms with E-state index in [-0.39, 0.29) is 40.6 Å². The molecule has 0 saturated carbocycles. The molecule has 1 heterocycles. The van der Waals surface area contributed by atoms with Crippen LogP contribution in [-0.4, -0.2) is 45.9 Å². The highest BCUT2D eigenvalue weighted by molar-refractivity contribution is 7.89. The maximum absolute atomic E-state index is 13.6. The zero-order valence-corrected chi connectivity index (χ0v) is 25.1. The third-order valence-corrected chi connectivity index (χ3v) is 8.82. The first-order valence-electron chi connectivity index (χ1n) is 12.9. The second-order valence-corrected chi connectivity index (χ2v) is 12.8. The second kappa shape index (κ2) is 11.5.